The van der Waals surface area contributed by atoms with E-state index in [0.717, 1.165) is 34.9 Å². The van der Waals surface area contributed by atoms with E-state index in [0.29, 0.717) is 6.04 Å². The number of hydrogen-bond donors (Lipinski definition) is 2. The lowest BCUT2D eigenvalue weighted by Crippen LogP contribution is -2.25. The van der Waals surface area contributed by atoms with Crippen molar-refractivity contribution in [2.75, 3.05) is 12.3 Å². The van der Waals surface area contributed by atoms with Gasteiger partial charge in [-0.3, -0.25) is 0 Å². The summed E-state index contributed by atoms with van der Waals surface area (Å²) in [7, 11) is 0. The number of nitrogens with zero attached hydrogens (tertiary/aromatic N) is 1. The van der Waals surface area contributed by atoms with E-state index >= 15 is 0 Å². The molecule has 3 nitrogen and oxygen atoms in total. The monoisotopic (exact) mass is 263 g/mol. The Balaban J connectivity index is 1.92. The highest BCUT2D eigenvalue weighted by atomic mass is 32.2. The van der Waals surface area contributed by atoms with Crippen molar-refractivity contribution in [3.8, 4) is 0 Å². The van der Waals surface area contributed by atoms with Crippen LogP contribution in [0, 0.1) is 6.92 Å². The number of fused-ring (bicyclic) bond motifs is 1. The first-order valence-corrected chi connectivity index (χ1v) is 7.50. The van der Waals surface area contributed by atoms with Crippen LogP contribution < -0.4 is 5.32 Å². The lowest BCUT2D eigenvalue weighted by atomic mass is 10.2. The van der Waals surface area contributed by atoms with Gasteiger partial charge >= 0.3 is 0 Å². The van der Waals surface area contributed by atoms with E-state index in [4.69, 9.17) is 0 Å². The molecule has 0 aliphatic rings. The van der Waals surface area contributed by atoms with Gasteiger partial charge in [0.2, 0.25) is 0 Å². The summed E-state index contributed by atoms with van der Waals surface area (Å²) in [5.41, 5.74) is 3.46. The number of rotatable bonds is 6. The number of aromatic nitrogens is 2. The molecule has 4 heteroatoms. The van der Waals surface area contributed by atoms with Gasteiger partial charge in [0.15, 0.2) is 5.16 Å². The summed E-state index contributed by atoms with van der Waals surface area (Å²) in [5.74, 6) is 1.09. The van der Waals surface area contributed by atoms with E-state index in [9.17, 15) is 0 Å². The van der Waals surface area contributed by atoms with E-state index in [2.05, 4.69) is 54.3 Å². The Morgan fingerprint density at radius 2 is 2.28 bits per heavy atom. The van der Waals surface area contributed by atoms with Gasteiger partial charge in [-0.05, 0) is 44.5 Å². The van der Waals surface area contributed by atoms with E-state index < -0.39 is 0 Å². The van der Waals surface area contributed by atoms with Crippen LogP contribution in [0.15, 0.2) is 23.4 Å². The molecule has 1 aromatic heterocycles. The summed E-state index contributed by atoms with van der Waals surface area (Å²) in [6.45, 7) is 7.51. The molecule has 1 atom stereocenters. The lowest BCUT2D eigenvalue weighted by Gasteiger charge is -2.10. The molecule has 0 amide bonds. The molecule has 1 unspecified atom stereocenters. The second kappa shape index (κ2) is 6.25. The van der Waals surface area contributed by atoms with Gasteiger partial charge < -0.3 is 10.3 Å². The third-order valence-corrected chi connectivity index (χ3v) is 3.86. The molecule has 18 heavy (non-hydrogen) atoms. The predicted octanol–water partition coefficient (Wildman–Crippen LogP) is 3.35. The molecule has 0 saturated heterocycles. The van der Waals surface area contributed by atoms with E-state index in [1.165, 1.54) is 5.56 Å². The van der Waals surface area contributed by atoms with Crippen LogP contribution >= 0.6 is 11.8 Å². The van der Waals surface area contributed by atoms with Gasteiger partial charge in [0.05, 0.1) is 11.0 Å². The molecule has 0 aliphatic heterocycles. The lowest BCUT2D eigenvalue weighted by molar-refractivity contribution is 0.556. The van der Waals surface area contributed by atoms with Crippen LogP contribution in [0.4, 0.5) is 0 Å². The molecular weight excluding hydrogens is 242 g/mol. The van der Waals surface area contributed by atoms with Crippen molar-refractivity contribution in [3.63, 3.8) is 0 Å². The van der Waals surface area contributed by atoms with Crippen LogP contribution in [0.2, 0.25) is 0 Å². The molecule has 98 valence electrons. The fourth-order valence-corrected chi connectivity index (χ4v) is 2.96. The Hall–Kier alpha value is -1.00. The summed E-state index contributed by atoms with van der Waals surface area (Å²) in [6, 6.07) is 6.90. The van der Waals surface area contributed by atoms with Crippen molar-refractivity contribution in [2.24, 2.45) is 0 Å². The second-order valence-electron chi connectivity index (χ2n) is 4.66. The molecule has 2 rings (SSSR count). The van der Waals surface area contributed by atoms with Crippen molar-refractivity contribution >= 4 is 22.8 Å². The maximum atomic E-state index is 4.58. The minimum atomic E-state index is 0.578. The van der Waals surface area contributed by atoms with Gasteiger partial charge in [0.25, 0.3) is 0 Å². The summed E-state index contributed by atoms with van der Waals surface area (Å²) in [4.78, 5) is 7.96. The maximum Gasteiger partial charge on any atom is 0.166 e. The van der Waals surface area contributed by atoms with Crippen LogP contribution in [0.1, 0.15) is 25.8 Å². The molecule has 1 heterocycles. The predicted molar refractivity (Wildman–Crippen MR) is 79.3 cm³/mol. The van der Waals surface area contributed by atoms with Crippen molar-refractivity contribution in [2.45, 2.75) is 38.4 Å². The average molecular weight is 263 g/mol. The van der Waals surface area contributed by atoms with E-state index in [-0.39, 0.29) is 0 Å². The number of benzene rings is 1. The summed E-state index contributed by atoms with van der Waals surface area (Å²) >= 11 is 1.80. The number of nitrogens with one attached hydrogen (secondary N) is 2. The summed E-state index contributed by atoms with van der Waals surface area (Å²) < 4.78 is 0. The van der Waals surface area contributed by atoms with Crippen molar-refractivity contribution in [1.29, 1.82) is 0 Å². The Morgan fingerprint density at radius 3 is 3.06 bits per heavy atom. The van der Waals surface area contributed by atoms with Crippen molar-refractivity contribution < 1.29 is 0 Å². The molecule has 0 spiro atoms. The first kappa shape index (κ1) is 13.4. The highest BCUT2D eigenvalue weighted by Gasteiger charge is 2.05. The zero-order valence-corrected chi connectivity index (χ0v) is 12.1. The van der Waals surface area contributed by atoms with Crippen molar-refractivity contribution in [3.05, 3.63) is 23.8 Å². The first-order valence-electron chi connectivity index (χ1n) is 6.51. The number of hydrogen-bond acceptors (Lipinski definition) is 3. The number of aromatic amines is 1. The highest BCUT2D eigenvalue weighted by Crippen LogP contribution is 2.21. The Labute approximate surface area is 113 Å². The van der Waals surface area contributed by atoms with E-state index in [1.54, 1.807) is 11.8 Å². The Morgan fingerprint density at radius 1 is 1.44 bits per heavy atom. The van der Waals surface area contributed by atoms with Gasteiger partial charge in [0.1, 0.15) is 0 Å². The maximum absolute atomic E-state index is 4.58. The average Bonchev–Trinajstić information content (AvgIpc) is 2.71. The fourth-order valence-electron chi connectivity index (χ4n) is 1.95. The number of imidazole rings is 1. The third-order valence-electron chi connectivity index (χ3n) is 2.96. The number of H-pyrrole nitrogens is 1. The van der Waals surface area contributed by atoms with Crippen LogP contribution in [-0.4, -0.2) is 28.3 Å². The smallest absolute Gasteiger partial charge is 0.166 e. The topological polar surface area (TPSA) is 40.7 Å². The van der Waals surface area contributed by atoms with Gasteiger partial charge in [-0.25, -0.2) is 4.98 Å². The highest BCUT2D eigenvalue weighted by molar-refractivity contribution is 7.99. The number of thioether (sulfide) groups is 1. The summed E-state index contributed by atoms with van der Waals surface area (Å²) in [6.07, 6.45) is 1.16. The standard InChI is InChI=1S/C14H21N3S/c1-4-15-11(3)7-8-18-14-16-12-6-5-10(2)9-13(12)17-14/h5-6,9,11,15H,4,7-8H2,1-3H3,(H,16,17). The molecule has 0 bridgehead atoms. The van der Waals surface area contributed by atoms with Crippen LogP contribution in [0.3, 0.4) is 0 Å². The second-order valence-corrected chi connectivity index (χ2v) is 5.74. The van der Waals surface area contributed by atoms with Crippen LogP contribution in [0.5, 0.6) is 0 Å². The zero-order valence-electron chi connectivity index (χ0n) is 11.3. The SMILES string of the molecule is CCNC(C)CCSc1nc2ccc(C)cc2[nH]1. The van der Waals surface area contributed by atoms with E-state index in [1.807, 2.05) is 0 Å². The van der Waals surface area contributed by atoms with Gasteiger partial charge in [-0.1, -0.05) is 24.8 Å². The molecule has 0 fully saturated rings. The van der Waals surface area contributed by atoms with Crippen LogP contribution in [-0.2, 0) is 0 Å². The molecule has 0 saturated carbocycles. The van der Waals surface area contributed by atoms with Crippen molar-refractivity contribution in [1.82, 2.24) is 15.3 Å². The Kier molecular flexibility index (Phi) is 4.66. The fraction of sp³-hybridized carbons (Fsp3) is 0.500. The molecule has 0 aliphatic carbocycles. The molecular formula is C14H21N3S. The minimum Gasteiger partial charge on any atom is -0.333 e. The van der Waals surface area contributed by atoms with Gasteiger partial charge in [0, 0.05) is 11.8 Å². The molecule has 2 aromatic rings. The first-order chi connectivity index (χ1) is 8.69. The zero-order chi connectivity index (χ0) is 13.0. The largest absolute Gasteiger partial charge is 0.333 e. The third kappa shape index (κ3) is 3.50. The normalized spacial score (nSPS) is 13.1. The quantitative estimate of drug-likeness (QED) is 0.785. The minimum absolute atomic E-state index is 0.578. The van der Waals surface area contributed by atoms with Gasteiger partial charge in [-0.2, -0.15) is 0 Å². The van der Waals surface area contributed by atoms with Gasteiger partial charge in [-0.15, -0.1) is 0 Å². The van der Waals surface area contributed by atoms with Crippen LogP contribution in [0.25, 0.3) is 11.0 Å². The molecule has 1 aromatic carbocycles. The summed E-state index contributed by atoms with van der Waals surface area (Å²) in [5, 5.41) is 4.45. The number of aryl methyl sites for hydroxylation is 1. The molecule has 2 N–H and O–H groups in total. The molecule has 0 radical (unpaired) electrons. The Bertz CT molecular complexity index is 507.